The van der Waals surface area contributed by atoms with Crippen molar-refractivity contribution in [1.29, 1.82) is 0 Å². The van der Waals surface area contributed by atoms with Gasteiger partial charge in [-0.05, 0) is 18.6 Å². The van der Waals surface area contributed by atoms with Crippen molar-refractivity contribution in [2.24, 2.45) is 0 Å². The second-order valence-electron chi connectivity index (χ2n) is 9.97. The summed E-state index contributed by atoms with van der Waals surface area (Å²) in [6.07, 6.45) is 7.65. The van der Waals surface area contributed by atoms with Gasteiger partial charge in [0.25, 0.3) is 11.8 Å². The van der Waals surface area contributed by atoms with E-state index in [4.69, 9.17) is 37.9 Å². The molecule has 1 aromatic carbocycles. The highest BCUT2D eigenvalue weighted by atomic mass is 16.6. The smallest absolute Gasteiger partial charge is 0.261 e. The Kier molecular flexibility index (Phi) is 22.9. The van der Waals surface area contributed by atoms with E-state index in [1.165, 1.54) is 37.0 Å². The molecule has 43 heavy (non-hydrogen) atoms. The van der Waals surface area contributed by atoms with Crippen molar-refractivity contribution in [2.75, 3.05) is 112 Å². The molecule has 11 heteroatoms. The fourth-order valence-electron chi connectivity index (χ4n) is 4.22. The third-order valence-electron chi connectivity index (χ3n) is 6.58. The molecule has 0 unspecified atom stereocenters. The van der Waals surface area contributed by atoms with Gasteiger partial charge in [-0.3, -0.25) is 14.5 Å². The molecule has 1 aromatic rings. The van der Waals surface area contributed by atoms with Crippen LogP contribution in [0.2, 0.25) is 0 Å². The number of nitrogens with zero attached hydrogens (tertiary/aromatic N) is 1. The molecule has 0 aromatic heterocycles. The zero-order chi connectivity index (χ0) is 30.6. The van der Waals surface area contributed by atoms with E-state index in [0.29, 0.717) is 104 Å². The molecule has 1 aliphatic heterocycles. The zero-order valence-corrected chi connectivity index (χ0v) is 26.1. The molecular formula is C32H53NO10. The van der Waals surface area contributed by atoms with Gasteiger partial charge in [0.1, 0.15) is 0 Å². The lowest BCUT2D eigenvalue weighted by Gasteiger charge is -2.13. The van der Waals surface area contributed by atoms with Gasteiger partial charge in [0.05, 0.1) is 117 Å². The predicted molar refractivity (Wildman–Crippen MR) is 162 cm³/mol. The topological polar surface area (TPSA) is 111 Å². The highest BCUT2D eigenvalue weighted by Gasteiger charge is 2.34. The van der Waals surface area contributed by atoms with Crippen molar-refractivity contribution in [3.05, 3.63) is 35.4 Å². The summed E-state index contributed by atoms with van der Waals surface area (Å²) < 4.78 is 43.9. The molecule has 0 saturated carbocycles. The molecule has 0 bridgehead atoms. The summed E-state index contributed by atoms with van der Waals surface area (Å²) in [5.74, 6) is -0.543. The Morgan fingerprint density at radius 1 is 0.442 bits per heavy atom. The molecule has 2 rings (SSSR count). The van der Waals surface area contributed by atoms with Crippen LogP contribution in [0.5, 0.6) is 0 Å². The van der Waals surface area contributed by atoms with Gasteiger partial charge in [0.2, 0.25) is 0 Å². The first-order chi connectivity index (χ1) is 21.3. The Labute approximate surface area is 257 Å². The van der Waals surface area contributed by atoms with E-state index in [1.54, 1.807) is 24.3 Å². The lowest BCUT2D eigenvalue weighted by Crippen LogP contribution is -2.33. The quantitative estimate of drug-likeness (QED) is 0.0909. The van der Waals surface area contributed by atoms with Crippen LogP contribution in [-0.2, 0) is 37.9 Å². The van der Waals surface area contributed by atoms with E-state index in [9.17, 15) is 9.59 Å². The minimum atomic E-state index is -0.271. The molecule has 0 radical (unpaired) electrons. The second kappa shape index (κ2) is 26.4. The van der Waals surface area contributed by atoms with Gasteiger partial charge in [0, 0.05) is 6.61 Å². The first-order valence-corrected chi connectivity index (χ1v) is 15.8. The average molecular weight is 612 g/mol. The van der Waals surface area contributed by atoms with Crippen LogP contribution in [-0.4, -0.2) is 129 Å². The van der Waals surface area contributed by atoms with Crippen LogP contribution in [0.4, 0.5) is 0 Å². The molecule has 0 saturated heterocycles. The number of amides is 2. The Bertz CT molecular complexity index is 805. The SMILES string of the molecule is CCCCCCCCOCCOCCOCCOCCOCCOCCOCCOCCN1C(=O)c2ccccc2C1=O. The number of ether oxygens (including phenoxy) is 8. The molecule has 0 fully saturated rings. The minimum Gasteiger partial charge on any atom is -0.379 e. The second-order valence-corrected chi connectivity index (χ2v) is 9.97. The number of hydrogen-bond donors (Lipinski definition) is 0. The zero-order valence-electron chi connectivity index (χ0n) is 26.1. The van der Waals surface area contributed by atoms with Gasteiger partial charge in [-0.25, -0.2) is 0 Å². The third kappa shape index (κ3) is 17.8. The van der Waals surface area contributed by atoms with Crippen LogP contribution in [0.15, 0.2) is 24.3 Å². The number of carbonyl (C=O) groups excluding carboxylic acids is 2. The van der Waals surface area contributed by atoms with E-state index in [2.05, 4.69) is 6.92 Å². The van der Waals surface area contributed by atoms with Crippen LogP contribution < -0.4 is 0 Å². The fourth-order valence-corrected chi connectivity index (χ4v) is 4.22. The Hall–Kier alpha value is -1.96. The number of imide groups is 1. The van der Waals surface area contributed by atoms with Crippen molar-refractivity contribution < 1.29 is 47.5 Å². The number of unbranched alkanes of at least 4 members (excludes halogenated alkanes) is 5. The van der Waals surface area contributed by atoms with E-state index < -0.39 is 0 Å². The Balaban J connectivity index is 1.20. The van der Waals surface area contributed by atoms with Crippen molar-refractivity contribution in [3.8, 4) is 0 Å². The van der Waals surface area contributed by atoms with Gasteiger partial charge in [0.15, 0.2) is 0 Å². The molecule has 11 nitrogen and oxygen atoms in total. The molecule has 0 aliphatic carbocycles. The number of fused-ring (bicyclic) bond motifs is 1. The van der Waals surface area contributed by atoms with E-state index >= 15 is 0 Å². The maximum Gasteiger partial charge on any atom is 0.261 e. The Morgan fingerprint density at radius 2 is 0.767 bits per heavy atom. The van der Waals surface area contributed by atoms with Crippen molar-refractivity contribution >= 4 is 11.8 Å². The monoisotopic (exact) mass is 611 g/mol. The van der Waals surface area contributed by atoms with E-state index in [0.717, 1.165) is 13.0 Å². The number of benzene rings is 1. The van der Waals surface area contributed by atoms with Gasteiger partial charge >= 0.3 is 0 Å². The summed E-state index contributed by atoms with van der Waals surface area (Å²) in [5, 5.41) is 0. The third-order valence-corrected chi connectivity index (χ3v) is 6.58. The highest BCUT2D eigenvalue weighted by Crippen LogP contribution is 2.21. The first kappa shape index (κ1) is 37.2. The Morgan fingerprint density at radius 3 is 1.16 bits per heavy atom. The van der Waals surface area contributed by atoms with Crippen molar-refractivity contribution in [2.45, 2.75) is 45.4 Å². The molecule has 1 heterocycles. The summed E-state index contributed by atoms with van der Waals surface area (Å²) in [6, 6.07) is 6.84. The molecule has 1 aliphatic rings. The van der Waals surface area contributed by atoms with E-state index in [1.807, 2.05) is 0 Å². The molecule has 0 atom stereocenters. The normalized spacial score (nSPS) is 12.9. The van der Waals surface area contributed by atoms with Gasteiger partial charge in [-0.15, -0.1) is 0 Å². The lowest BCUT2D eigenvalue weighted by atomic mass is 10.1. The molecule has 0 N–H and O–H groups in total. The number of hydrogen-bond acceptors (Lipinski definition) is 10. The highest BCUT2D eigenvalue weighted by molar-refractivity contribution is 6.21. The number of rotatable bonds is 31. The molecular weight excluding hydrogens is 558 g/mol. The largest absolute Gasteiger partial charge is 0.379 e. The maximum atomic E-state index is 12.3. The van der Waals surface area contributed by atoms with Crippen LogP contribution in [0, 0.1) is 0 Å². The van der Waals surface area contributed by atoms with Crippen LogP contribution in [0.25, 0.3) is 0 Å². The maximum absolute atomic E-state index is 12.3. The summed E-state index contributed by atoms with van der Waals surface area (Å²) in [7, 11) is 0. The fraction of sp³-hybridized carbons (Fsp3) is 0.750. The molecule has 246 valence electrons. The van der Waals surface area contributed by atoms with Crippen molar-refractivity contribution in [1.82, 2.24) is 4.90 Å². The first-order valence-electron chi connectivity index (χ1n) is 15.8. The van der Waals surface area contributed by atoms with Crippen LogP contribution in [0.3, 0.4) is 0 Å². The number of carbonyl (C=O) groups is 2. The van der Waals surface area contributed by atoms with Gasteiger partial charge < -0.3 is 37.9 Å². The minimum absolute atomic E-state index is 0.222. The van der Waals surface area contributed by atoms with Crippen LogP contribution >= 0.6 is 0 Å². The van der Waals surface area contributed by atoms with Gasteiger partial charge in [-0.2, -0.15) is 0 Å². The average Bonchev–Trinajstić information content (AvgIpc) is 3.26. The lowest BCUT2D eigenvalue weighted by molar-refractivity contribution is -0.0233. The van der Waals surface area contributed by atoms with Gasteiger partial charge in [-0.1, -0.05) is 51.2 Å². The summed E-state index contributed by atoms with van der Waals surface area (Å²) in [5.41, 5.74) is 0.895. The molecule has 2 amide bonds. The summed E-state index contributed by atoms with van der Waals surface area (Å²) >= 11 is 0. The van der Waals surface area contributed by atoms with Crippen molar-refractivity contribution in [3.63, 3.8) is 0 Å². The standard InChI is InChI=1S/C32H53NO10/c1-2-3-4-5-6-9-13-36-15-17-38-19-21-40-23-25-42-27-28-43-26-24-41-22-20-39-18-16-37-14-12-33-31(34)29-10-7-8-11-30(29)32(33)35/h7-8,10-11H,2-6,9,12-28H2,1H3. The van der Waals surface area contributed by atoms with Crippen LogP contribution in [0.1, 0.15) is 66.2 Å². The predicted octanol–water partition coefficient (Wildman–Crippen LogP) is 3.78. The van der Waals surface area contributed by atoms with E-state index in [-0.39, 0.29) is 25.0 Å². The summed E-state index contributed by atoms with van der Waals surface area (Å²) in [6.45, 7) is 10.6. The molecule has 0 spiro atoms. The summed E-state index contributed by atoms with van der Waals surface area (Å²) in [4.78, 5) is 25.8.